The maximum Gasteiger partial charge on any atom is 0.279 e. The van der Waals surface area contributed by atoms with Crippen LogP contribution in [0, 0.1) is 0 Å². The molecule has 6 heteroatoms. The molecule has 3 rings (SSSR count). The molecule has 1 fully saturated rings. The largest absolute Gasteiger partial charge is 0.354 e. The monoisotopic (exact) mass is 320 g/mol. The highest BCUT2D eigenvalue weighted by molar-refractivity contribution is 6.47. The fraction of sp³-hybridized carbons (Fsp3) is 0.375. The van der Waals surface area contributed by atoms with Gasteiger partial charge in [-0.3, -0.25) is 14.5 Å². The summed E-state index contributed by atoms with van der Waals surface area (Å²) in [7, 11) is 2.12. The number of likely N-dealkylation sites (N-methyl/N-ethyl adjacent to an activating group) is 1. The maximum absolute atomic E-state index is 12.6. The van der Waals surface area contributed by atoms with Gasteiger partial charge >= 0.3 is 0 Å². The average Bonchev–Trinajstić information content (AvgIpc) is 2.73. The number of rotatable bonds is 3. The molecule has 0 saturated carbocycles. The zero-order valence-electron chi connectivity index (χ0n) is 12.5. The molecule has 2 aliphatic heterocycles. The van der Waals surface area contributed by atoms with Crippen molar-refractivity contribution in [2.24, 2.45) is 0 Å². The number of amides is 2. The van der Waals surface area contributed by atoms with E-state index in [1.54, 1.807) is 0 Å². The van der Waals surface area contributed by atoms with Gasteiger partial charge in [-0.25, -0.2) is 0 Å². The number of nitrogens with one attached hydrogen (secondary N) is 1. The van der Waals surface area contributed by atoms with Crippen LogP contribution in [-0.2, 0) is 16.1 Å². The molecular formula is C16H19ClN3O2+. The lowest BCUT2D eigenvalue weighted by molar-refractivity contribution is -0.883. The third-order valence-electron chi connectivity index (χ3n) is 4.21. The molecule has 22 heavy (non-hydrogen) atoms. The predicted octanol–water partition coefficient (Wildman–Crippen LogP) is -0.164. The molecule has 0 aromatic heterocycles. The Balaban J connectivity index is 1.78. The van der Waals surface area contributed by atoms with E-state index in [0.717, 1.165) is 31.7 Å². The number of imide groups is 1. The Bertz CT molecular complexity index is 622. The van der Waals surface area contributed by atoms with Crippen LogP contribution in [0.5, 0.6) is 0 Å². The van der Waals surface area contributed by atoms with E-state index in [1.165, 1.54) is 9.80 Å². The summed E-state index contributed by atoms with van der Waals surface area (Å²) in [5.74, 6) is -0.671. The molecule has 0 unspecified atom stereocenters. The first-order valence-corrected chi connectivity index (χ1v) is 7.82. The van der Waals surface area contributed by atoms with Crippen LogP contribution in [0.25, 0.3) is 0 Å². The highest BCUT2D eigenvalue weighted by Crippen LogP contribution is 2.28. The van der Waals surface area contributed by atoms with Crippen molar-refractivity contribution in [2.45, 2.75) is 6.54 Å². The second-order valence-corrected chi connectivity index (χ2v) is 6.17. The SMILES string of the molecule is C[NH+]1CCN(C2=C(Cl)C(=O)N(Cc3ccccc3)C2=O)CC1. The minimum absolute atomic E-state index is 0.0560. The van der Waals surface area contributed by atoms with Crippen molar-refractivity contribution < 1.29 is 14.5 Å². The van der Waals surface area contributed by atoms with Crippen LogP contribution in [0.3, 0.4) is 0 Å². The molecule has 0 radical (unpaired) electrons. The molecule has 0 atom stereocenters. The fourth-order valence-electron chi connectivity index (χ4n) is 2.83. The topological polar surface area (TPSA) is 45.1 Å². The van der Waals surface area contributed by atoms with Crippen LogP contribution < -0.4 is 4.90 Å². The molecule has 2 amide bonds. The van der Waals surface area contributed by atoms with Gasteiger partial charge in [-0.2, -0.15) is 0 Å². The van der Waals surface area contributed by atoms with Crippen LogP contribution in [0.15, 0.2) is 41.1 Å². The Hall–Kier alpha value is -1.85. The van der Waals surface area contributed by atoms with Gasteiger partial charge in [0.25, 0.3) is 11.8 Å². The predicted molar refractivity (Wildman–Crippen MR) is 83.1 cm³/mol. The van der Waals surface area contributed by atoms with E-state index in [9.17, 15) is 9.59 Å². The van der Waals surface area contributed by atoms with Crippen LogP contribution in [-0.4, -0.2) is 54.8 Å². The minimum atomic E-state index is -0.392. The zero-order chi connectivity index (χ0) is 15.7. The molecule has 5 nitrogen and oxygen atoms in total. The molecule has 0 bridgehead atoms. The van der Waals surface area contributed by atoms with Gasteiger partial charge in [0.2, 0.25) is 0 Å². The lowest BCUT2D eigenvalue weighted by Crippen LogP contribution is -3.11. The van der Waals surface area contributed by atoms with E-state index in [0.29, 0.717) is 5.70 Å². The Morgan fingerprint density at radius 1 is 1.09 bits per heavy atom. The number of nitrogens with zero attached hydrogens (tertiary/aromatic N) is 2. The molecule has 1 aromatic carbocycles. The smallest absolute Gasteiger partial charge is 0.279 e. The van der Waals surface area contributed by atoms with Gasteiger partial charge in [-0.1, -0.05) is 41.9 Å². The van der Waals surface area contributed by atoms with E-state index >= 15 is 0 Å². The van der Waals surface area contributed by atoms with Gasteiger partial charge in [0, 0.05) is 0 Å². The minimum Gasteiger partial charge on any atom is -0.354 e. The summed E-state index contributed by atoms with van der Waals surface area (Å²) in [5, 5.41) is 0.0560. The van der Waals surface area contributed by atoms with Crippen molar-refractivity contribution in [3.8, 4) is 0 Å². The lowest BCUT2D eigenvalue weighted by Gasteiger charge is -2.31. The van der Waals surface area contributed by atoms with Crippen molar-refractivity contribution in [3.63, 3.8) is 0 Å². The first kappa shape index (κ1) is 15.1. The van der Waals surface area contributed by atoms with E-state index in [2.05, 4.69) is 7.05 Å². The number of carbonyl (C=O) groups excluding carboxylic acids is 2. The van der Waals surface area contributed by atoms with Crippen LogP contribution in [0.1, 0.15) is 5.56 Å². The van der Waals surface area contributed by atoms with Crippen LogP contribution in [0.4, 0.5) is 0 Å². The van der Waals surface area contributed by atoms with Crippen molar-refractivity contribution >= 4 is 23.4 Å². The molecular weight excluding hydrogens is 302 g/mol. The Kier molecular flexibility index (Phi) is 4.18. The molecule has 2 aliphatic rings. The Morgan fingerprint density at radius 3 is 2.36 bits per heavy atom. The van der Waals surface area contributed by atoms with Crippen LogP contribution in [0.2, 0.25) is 0 Å². The summed E-state index contributed by atoms with van der Waals surface area (Å²) in [5.41, 5.74) is 1.29. The number of piperazine rings is 1. The standard InChI is InChI=1S/C16H18ClN3O2/c1-18-7-9-19(10-8-18)14-13(17)15(21)20(16(14)22)11-12-5-3-2-4-6-12/h2-6H,7-11H2,1H3/p+1. The summed E-state index contributed by atoms with van der Waals surface area (Å²) < 4.78 is 0. The van der Waals surface area contributed by atoms with Gasteiger partial charge in [0.1, 0.15) is 10.7 Å². The summed E-state index contributed by atoms with van der Waals surface area (Å²) in [4.78, 5) is 29.5. The maximum atomic E-state index is 12.6. The first-order chi connectivity index (χ1) is 10.6. The molecule has 116 valence electrons. The van der Waals surface area contributed by atoms with Crippen molar-refractivity contribution in [3.05, 3.63) is 46.6 Å². The Labute approximate surface area is 134 Å². The average molecular weight is 321 g/mol. The van der Waals surface area contributed by atoms with Gasteiger partial charge in [0.05, 0.1) is 39.8 Å². The number of quaternary nitrogens is 1. The van der Waals surface area contributed by atoms with Gasteiger partial charge in [-0.15, -0.1) is 0 Å². The molecule has 1 saturated heterocycles. The van der Waals surface area contributed by atoms with E-state index in [4.69, 9.17) is 11.6 Å². The summed E-state index contributed by atoms with van der Waals surface area (Å²) in [6.45, 7) is 3.63. The lowest BCUT2D eigenvalue weighted by atomic mass is 10.2. The second-order valence-electron chi connectivity index (χ2n) is 5.79. The Morgan fingerprint density at radius 2 is 1.73 bits per heavy atom. The van der Waals surface area contributed by atoms with Gasteiger partial charge in [-0.05, 0) is 5.56 Å². The van der Waals surface area contributed by atoms with E-state index in [-0.39, 0.29) is 17.5 Å². The molecule has 1 aromatic rings. The highest BCUT2D eigenvalue weighted by Gasteiger charge is 2.41. The molecule has 0 aliphatic carbocycles. The number of halogens is 1. The second kappa shape index (κ2) is 6.10. The summed E-state index contributed by atoms with van der Waals surface area (Å²) >= 11 is 6.17. The number of benzene rings is 1. The van der Waals surface area contributed by atoms with Crippen molar-refractivity contribution in [1.29, 1.82) is 0 Å². The van der Waals surface area contributed by atoms with Crippen molar-refractivity contribution in [1.82, 2.24) is 9.80 Å². The molecule has 1 N–H and O–H groups in total. The van der Waals surface area contributed by atoms with Gasteiger partial charge in [0.15, 0.2) is 0 Å². The zero-order valence-corrected chi connectivity index (χ0v) is 13.3. The third-order valence-corrected chi connectivity index (χ3v) is 4.55. The first-order valence-electron chi connectivity index (χ1n) is 7.44. The normalized spacial score (nSPS) is 20.3. The molecule has 0 spiro atoms. The fourth-order valence-corrected chi connectivity index (χ4v) is 3.13. The van der Waals surface area contributed by atoms with E-state index < -0.39 is 5.91 Å². The van der Waals surface area contributed by atoms with E-state index in [1.807, 2.05) is 35.2 Å². The summed E-state index contributed by atoms with van der Waals surface area (Å²) in [6.07, 6.45) is 0. The highest BCUT2D eigenvalue weighted by atomic mass is 35.5. The number of hydrogen-bond donors (Lipinski definition) is 1. The van der Waals surface area contributed by atoms with Crippen LogP contribution >= 0.6 is 11.6 Å². The van der Waals surface area contributed by atoms with Crippen molar-refractivity contribution in [2.75, 3.05) is 33.2 Å². The quantitative estimate of drug-likeness (QED) is 0.787. The number of carbonyl (C=O) groups is 2. The molecule has 2 heterocycles. The number of hydrogen-bond acceptors (Lipinski definition) is 3. The summed E-state index contributed by atoms with van der Waals surface area (Å²) in [6, 6.07) is 9.47. The van der Waals surface area contributed by atoms with Gasteiger partial charge < -0.3 is 9.80 Å². The third kappa shape index (κ3) is 2.74.